The van der Waals surface area contributed by atoms with Crippen molar-refractivity contribution in [3.63, 3.8) is 0 Å². The molecule has 0 aliphatic heterocycles. The Kier molecular flexibility index (Phi) is 7.40. The molecule has 0 saturated heterocycles. The van der Waals surface area contributed by atoms with Gasteiger partial charge in [-0.3, -0.25) is 9.59 Å². The minimum absolute atomic E-state index is 0.0235. The Hall–Kier alpha value is -3.39. The molecule has 3 rings (SSSR count). The van der Waals surface area contributed by atoms with Crippen molar-refractivity contribution >= 4 is 35.0 Å². The number of halogens is 2. The molecule has 0 fully saturated rings. The van der Waals surface area contributed by atoms with E-state index < -0.39 is 11.6 Å². The van der Waals surface area contributed by atoms with Gasteiger partial charge in [-0.05, 0) is 42.5 Å². The number of nitrogens with one attached hydrogen (secondary N) is 2. The highest BCUT2D eigenvalue weighted by Gasteiger charge is 2.08. The van der Waals surface area contributed by atoms with Gasteiger partial charge in [0.15, 0.2) is 18.2 Å². The molecule has 8 heteroatoms. The predicted molar refractivity (Wildman–Crippen MR) is 113 cm³/mol. The van der Waals surface area contributed by atoms with Crippen LogP contribution in [0, 0.1) is 11.6 Å². The molecule has 0 radical (unpaired) electrons. The third-order valence-corrected chi connectivity index (χ3v) is 4.80. The van der Waals surface area contributed by atoms with Crippen LogP contribution < -0.4 is 15.4 Å². The van der Waals surface area contributed by atoms with Crippen molar-refractivity contribution in [1.82, 2.24) is 0 Å². The van der Waals surface area contributed by atoms with E-state index in [1.807, 2.05) is 18.2 Å². The quantitative estimate of drug-likeness (QED) is 0.510. The van der Waals surface area contributed by atoms with Crippen LogP contribution >= 0.6 is 11.8 Å². The van der Waals surface area contributed by atoms with Crippen molar-refractivity contribution in [2.45, 2.75) is 4.90 Å². The predicted octanol–water partition coefficient (Wildman–Crippen LogP) is 4.71. The Morgan fingerprint density at radius 3 is 2.30 bits per heavy atom. The normalized spacial score (nSPS) is 10.3. The molecule has 0 bridgehead atoms. The minimum Gasteiger partial charge on any atom is -0.484 e. The van der Waals surface area contributed by atoms with Gasteiger partial charge in [0.1, 0.15) is 5.75 Å². The molecular formula is C22H18F2N2O3S. The second kappa shape index (κ2) is 10.4. The van der Waals surface area contributed by atoms with Crippen LogP contribution in [0.3, 0.4) is 0 Å². The largest absolute Gasteiger partial charge is 0.484 e. The minimum atomic E-state index is -0.957. The van der Waals surface area contributed by atoms with Crippen LogP contribution in [0.4, 0.5) is 20.2 Å². The number of carbonyl (C=O) groups is 2. The van der Waals surface area contributed by atoms with Crippen LogP contribution in [-0.4, -0.2) is 24.2 Å². The average molecular weight is 428 g/mol. The molecular weight excluding hydrogens is 410 g/mol. The van der Waals surface area contributed by atoms with Gasteiger partial charge in [0.25, 0.3) is 5.91 Å². The van der Waals surface area contributed by atoms with E-state index in [-0.39, 0.29) is 24.2 Å². The van der Waals surface area contributed by atoms with E-state index in [0.717, 1.165) is 23.9 Å². The molecule has 0 aliphatic carbocycles. The third kappa shape index (κ3) is 6.59. The first kappa shape index (κ1) is 21.3. The zero-order chi connectivity index (χ0) is 21.3. The van der Waals surface area contributed by atoms with Crippen LogP contribution in [0.2, 0.25) is 0 Å². The van der Waals surface area contributed by atoms with Crippen LogP contribution in [-0.2, 0) is 9.59 Å². The molecule has 0 saturated carbocycles. The molecule has 0 spiro atoms. The van der Waals surface area contributed by atoms with Crippen molar-refractivity contribution in [2.75, 3.05) is 23.0 Å². The fourth-order valence-electron chi connectivity index (χ4n) is 2.44. The Balaban J connectivity index is 1.47. The van der Waals surface area contributed by atoms with Crippen molar-refractivity contribution in [3.8, 4) is 5.75 Å². The fraction of sp³-hybridized carbons (Fsp3) is 0.0909. The maximum atomic E-state index is 13.2. The first-order valence-corrected chi connectivity index (χ1v) is 9.93. The Morgan fingerprint density at radius 2 is 1.53 bits per heavy atom. The van der Waals surface area contributed by atoms with Gasteiger partial charge in [0.05, 0.1) is 5.75 Å². The molecule has 2 N–H and O–H groups in total. The number of ether oxygens (including phenoxy) is 1. The highest BCUT2D eigenvalue weighted by molar-refractivity contribution is 8.00. The Labute approximate surface area is 176 Å². The SMILES string of the molecule is O=C(COc1cccc(NC(=O)CSc2ccc(F)c(F)c2)c1)Nc1ccccc1. The smallest absolute Gasteiger partial charge is 0.262 e. The zero-order valence-corrected chi connectivity index (χ0v) is 16.5. The lowest BCUT2D eigenvalue weighted by Crippen LogP contribution is -2.20. The molecule has 0 heterocycles. The number of rotatable bonds is 8. The summed E-state index contributed by atoms with van der Waals surface area (Å²) in [6, 6.07) is 19.1. The Morgan fingerprint density at radius 1 is 0.800 bits per heavy atom. The van der Waals surface area contributed by atoms with E-state index >= 15 is 0 Å². The lowest BCUT2D eigenvalue weighted by Gasteiger charge is -2.10. The van der Waals surface area contributed by atoms with Crippen molar-refractivity contribution in [2.24, 2.45) is 0 Å². The van der Waals surface area contributed by atoms with E-state index in [1.165, 1.54) is 6.07 Å². The summed E-state index contributed by atoms with van der Waals surface area (Å²) >= 11 is 1.09. The molecule has 0 aromatic heterocycles. The zero-order valence-electron chi connectivity index (χ0n) is 15.7. The molecule has 30 heavy (non-hydrogen) atoms. The second-order valence-corrected chi connectivity index (χ2v) is 7.19. The van der Waals surface area contributed by atoms with Gasteiger partial charge in [-0.15, -0.1) is 11.8 Å². The Bertz CT molecular complexity index is 1030. The number of hydrogen-bond donors (Lipinski definition) is 2. The second-order valence-electron chi connectivity index (χ2n) is 6.14. The number of para-hydroxylation sites is 1. The molecule has 0 aliphatic rings. The van der Waals surface area contributed by atoms with E-state index in [2.05, 4.69) is 10.6 Å². The average Bonchev–Trinajstić information content (AvgIpc) is 2.74. The first-order chi connectivity index (χ1) is 14.5. The summed E-state index contributed by atoms with van der Waals surface area (Å²) in [6.45, 7) is -0.182. The summed E-state index contributed by atoms with van der Waals surface area (Å²) in [4.78, 5) is 24.5. The summed E-state index contributed by atoms with van der Waals surface area (Å²) < 4.78 is 31.6. The summed E-state index contributed by atoms with van der Waals surface area (Å²) in [5.74, 6) is -2.07. The topological polar surface area (TPSA) is 67.4 Å². The van der Waals surface area contributed by atoms with Crippen molar-refractivity contribution in [1.29, 1.82) is 0 Å². The van der Waals surface area contributed by atoms with Crippen LogP contribution in [0.1, 0.15) is 0 Å². The number of anilines is 2. The molecule has 0 unspecified atom stereocenters. The molecule has 154 valence electrons. The number of benzene rings is 3. The van der Waals surface area contributed by atoms with Crippen LogP contribution in [0.5, 0.6) is 5.75 Å². The van der Waals surface area contributed by atoms with Crippen molar-refractivity contribution < 1.29 is 23.1 Å². The lowest BCUT2D eigenvalue weighted by molar-refractivity contribution is -0.118. The number of thioether (sulfide) groups is 1. The van der Waals surface area contributed by atoms with E-state index in [0.29, 0.717) is 22.0 Å². The van der Waals surface area contributed by atoms with Gasteiger partial charge >= 0.3 is 0 Å². The molecule has 3 aromatic carbocycles. The van der Waals surface area contributed by atoms with Gasteiger partial charge < -0.3 is 15.4 Å². The summed E-state index contributed by atoms with van der Waals surface area (Å²) in [5.41, 5.74) is 1.16. The van der Waals surface area contributed by atoms with E-state index in [9.17, 15) is 18.4 Å². The first-order valence-electron chi connectivity index (χ1n) is 8.95. The standard InChI is InChI=1S/C22H18F2N2O3S/c23-19-10-9-18(12-20(19)24)30-14-22(28)26-16-7-4-8-17(11-16)29-13-21(27)25-15-5-2-1-3-6-15/h1-12H,13-14H2,(H,25,27)(H,26,28). The molecule has 3 aromatic rings. The van der Waals surface area contributed by atoms with Crippen LogP contribution in [0.25, 0.3) is 0 Å². The van der Waals surface area contributed by atoms with Crippen LogP contribution in [0.15, 0.2) is 77.7 Å². The number of amides is 2. The molecule has 2 amide bonds. The third-order valence-electron chi connectivity index (χ3n) is 3.81. The van der Waals surface area contributed by atoms with Gasteiger partial charge in [-0.25, -0.2) is 8.78 Å². The maximum Gasteiger partial charge on any atom is 0.262 e. The highest BCUT2D eigenvalue weighted by atomic mass is 32.2. The lowest BCUT2D eigenvalue weighted by atomic mass is 10.3. The van der Waals surface area contributed by atoms with E-state index in [1.54, 1.807) is 36.4 Å². The van der Waals surface area contributed by atoms with Gasteiger partial charge in [0.2, 0.25) is 5.91 Å². The van der Waals surface area contributed by atoms with Crippen molar-refractivity contribution in [3.05, 3.63) is 84.4 Å². The maximum absolute atomic E-state index is 13.2. The highest BCUT2D eigenvalue weighted by Crippen LogP contribution is 2.22. The van der Waals surface area contributed by atoms with Gasteiger partial charge in [0, 0.05) is 22.3 Å². The fourth-order valence-corrected chi connectivity index (χ4v) is 3.16. The molecule has 0 atom stereocenters. The van der Waals surface area contributed by atoms with Gasteiger partial charge in [-0.2, -0.15) is 0 Å². The number of carbonyl (C=O) groups excluding carboxylic acids is 2. The monoisotopic (exact) mass is 428 g/mol. The summed E-state index contributed by atoms with van der Waals surface area (Å²) in [6.07, 6.45) is 0. The number of hydrogen-bond acceptors (Lipinski definition) is 4. The van der Waals surface area contributed by atoms with E-state index in [4.69, 9.17) is 4.74 Å². The van der Waals surface area contributed by atoms with Gasteiger partial charge in [-0.1, -0.05) is 24.3 Å². The summed E-state index contributed by atoms with van der Waals surface area (Å²) in [5, 5.41) is 5.41. The molecule has 5 nitrogen and oxygen atoms in total. The summed E-state index contributed by atoms with van der Waals surface area (Å²) in [7, 11) is 0.